The van der Waals surface area contributed by atoms with Crippen LogP contribution in [0.1, 0.15) is 22.3 Å². The van der Waals surface area contributed by atoms with Crippen LogP contribution >= 0.6 is 27.7 Å². The van der Waals surface area contributed by atoms with Gasteiger partial charge in [-0.3, -0.25) is 25.2 Å². The maximum Gasteiger partial charge on any atom is 0.260 e. The van der Waals surface area contributed by atoms with Gasteiger partial charge in [0, 0.05) is 4.47 Å². The molecule has 0 saturated heterocycles. The van der Waals surface area contributed by atoms with Crippen LogP contribution in [0.5, 0.6) is 5.75 Å². The second-order valence-electron chi connectivity index (χ2n) is 6.35. The summed E-state index contributed by atoms with van der Waals surface area (Å²) >= 11 is 4.90. The van der Waals surface area contributed by atoms with E-state index in [2.05, 4.69) is 32.1 Å². The Morgan fingerprint density at radius 3 is 2.40 bits per heavy atom. The van der Waals surface area contributed by atoms with Crippen LogP contribution in [0, 0.1) is 0 Å². The number of hydrazine groups is 1. The van der Waals surface area contributed by atoms with Crippen LogP contribution in [0.25, 0.3) is 0 Å². The van der Waals surface area contributed by atoms with Crippen LogP contribution in [0.2, 0.25) is 0 Å². The van der Waals surface area contributed by atoms with Gasteiger partial charge < -0.3 is 10.1 Å². The van der Waals surface area contributed by atoms with E-state index in [9.17, 15) is 14.4 Å². The first-order chi connectivity index (χ1) is 14.4. The van der Waals surface area contributed by atoms with Crippen molar-refractivity contribution in [1.82, 2.24) is 16.2 Å². The average Bonchev–Trinajstić information content (AvgIpc) is 2.75. The quantitative estimate of drug-likeness (QED) is 0.466. The van der Waals surface area contributed by atoms with E-state index in [0.717, 1.165) is 5.56 Å². The Labute approximate surface area is 188 Å². The Balaban J connectivity index is 1.92. The molecule has 0 aliphatic carbocycles. The van der Waals surface area contributed by atoms with Gasteiger partial charge in [0.2, 0.25) is 5.91 Å². The van der Waals surface area contributed by atoms with E-state index in [1.807, 2.05) is 6.26 Å². The maximum absolute atomic E-state index is 12.6. The van der Waals surface area contributed by atoms with Crippen LogP contribution in [-0.4, -0.2) is 42.9 Å². The second kappa shape index (κ2) is 12.2. The summed E-state index contributed by atoms with van der Waals surface area (Å²) in [6, 6.07) is 13.3. The molecule has 0 aliphatic heterocycles. The van der Waals surface area contributed by atoms with Crippen LogP contribution in [0.4, 0.5) is 0 Å². The van der Waals surface area contributed by atoms with Gasteiger partial charge in [0.05, 0.1) is 19.1 Å². The molecule has 0 aromatic heterocycles. The lowest BCUT2D eigenvalue weighted by Gasteiger charge is -2.19. The lowest BCUT2D eigenvalue weighted by atomic mass is 10.1. The van der Waals surface area contributed by atoms with Gasteiger partial charge in [0.15, 0.2) is 0 Å². The number of thioether (sulfide) groups is 1. The van der Waals surface area contributed by atoms with Crippen molar-refractivity contribution in [2.75, 3.05) is 19.1 Å². The standard InChI is InChI=1S/C21H24BrN3O4S/c1-29-15-9-7-14(8-10-15)13-19(26)24-25-21(28)18(11-12-30-2)23-20(27)16-5-3-4-6-17(16)22/h3-10,18H,11-13H2,1-2H3,(H,23,27)(H,24,26)(H,25,28)/t18-/m0/s1. The van der Waals surface area contributed by atoms with E-state index < -0.39 is 11.9 Å². The summed E-state index contributed by atoms with van der Waals surface area (Å²) in [5, 5.41) is 2.74. The van der Waals surface area contributed by atoms with E-state index in [1.54, 1.807) is 67.4 Å². The van der Waals surface area contributed by atoms with E-state index in [4.69, 9.17) is 4.74 Å². The van der Waals surface area contributed by atoms with E-state index in [1.165, 1.54) is 0 Å². The van der Waals surface area contributed by atoms with Gasteiger partial charge >= 0.3 is 0 Å². The van der Waals surface area contributed by atoms with Gasteiger partial charge in [-0.2, -0.15) is 11.8 Å². The summed E-state index contributed by atoms with van der Waals surface area (Å²) in [4.78, 5) is 37.3. The lowest BCUT2D eigenvalue weighted by molar-refractivity contribution is -0.129. The topological polar surface area (TPSA) is 96.5 Å². The molecule has 0 unspecified atom stereocenters. The molecule has 0 radical (unpaired) electrons. The lowest BCUT2D eigenvalue weighted by Crippen LogP contribution is -2.52. The number of rotatable bonds is 9. The first kappa shape index (κ1) is 23.8. The third-order valence-electron chi connectivity index (χ3n) is 4.20. The fourth-order valence-corrected chi connectivity index (χ4v) is 3.51. The molecule has 0 fully saturated rings. The predicted molar refractivity (Wildman–Crippen MR) is 121 cm³/mol. The fourth-order valence-electron chi connectivity index (χ4n) is 2.58. The highest BCUT2D eigenvalue weighted by molar-refractivity contribution is 9.10. The van der Waals surface area contributed by atoms with Crippen molar-refractivity contribution < 1.29 is 19.1 Å². The zero-order chi connectivity index (χ0) is 21.9. The molecule has 1 atom stereocenters. The number of nitrogens with one attached hydrogen (secondary N) is 3. The number of ether oxygens (including phenoxy) is 1. The molecule has 0 aliphatic rings. The van der Waals surface area contributed by atoms with E-state index in [0.29, 0.717) is 28.0 Å². The van der Waals surface area contributed by atoms with Gasteiger partial charge in [0.25, 0.3) is 11.8 Å². The predicted octanol–water partition coefficient (Wildman–Crippen LogP) is 2.70. The minimum absolute atomic E-state index is 0.100. The molecule has 2 aromatic rings. The molecule has 7 nitrogen and oxygen atoms in total. The summed E-state index contributed by atoms with van der Waals surface area (Å²) in [5.41, 5.74) is 6.03. The fraction of sp³-hybridized carbons (Fsp3) is 0.286. The van der Waals surface area contributed by atoms with Crippen molar-refractivity contribution >= 4 is 45.4 Å². The molecule has 160 valence electrons. The zero-order valence-corrected chi connectivity index (χ0v) is 19.1. The number of carbonyl (C=O) groups is 3. The minimum Gasteiger partial charge on any atom is -0.497 e. The Hall–Kier alpha value is -2.52. The summed E-state index contributed by atoms with van der Waals surface area (Å²) < 4.78 is 5.72. The van der Waals surface area contributed by atoms with Gasteiger partial charge in [-0.25, -0.2) is 0 Å². The largest absolute Gasteiger partial charge is 0.497 e. The third kappa shape index (κ3) is 7.38. The number of amides is 3. The molecule has 9 heteroatoms. The molecule has 0 saturated carbocycles. The Morgan fingerprint density at radius 2 is 1.77 bits per heavy atom. The van der Waals surface area contributed by atoms with Crippen molar-refractivity contribution in [1.29, 1.82) is 0 Å². The van der Waals surface area contributed by atoms with Crippen molar-refractivity contribution in [3.63, 3.8) is 0 Å². The van der Waals surface area contributed by atoms with Crippen LogP contribution in [0.3, 0.4) is 0 Å². The minimum atomic E-state index is -0.779. The summed E-state index contributed by atoms with van der Waals surface area (Å²) in [6.45, 7) is 0. The highest BCUT2D eigenvalue weighted by Gasteiger charge is 2.22. The van der Waals surface area contributed by atoms with Crippen molar-refractivity contribution in [2.24, 2.45) is 0 Å². The number of hydrogen-bond donors (Lipinski definition) is 3. The van der Waals surface area contributed by atoms with Gasteiger partial charge in [-0.05, 0) is 64.2 Å². The summed E-state index contributed by atoms with van der Waals surface area (Å²) in [7, 11) is 1.57. The number of hydrogen-bond acceptors (Lipinski definition) is 5. The van der Waals surface area contributed by atoms with E-state index >= 15 is 0 Å². The van der Waals surface area contributed by atoms with Crippen molar-refractivity contribution in [2.45, 2.75) is 18.9 Å². The van der Waals surface area contributed by atoms with Crippen LogP contribution < -0.4 is 20.9 Å². The molecule has 0 bridgehead atoms. The first-order valence-corrected chi connectivity index (χ1v) is 11.4. The summed E-state index contributed by atoms with van der Waals surface area (Å²) in [6.07, 6.45) is 2.45. The Bertz CT molecular complexity index is 877. The zero-order valence-electron chi connectivity index (χ0n) is 16.7. The van der Waals surface area contributed by atoms with Gasteiger partial charge in [0.1, 0.15) is 11.8 Å². The summed E-state index contributed by atoms with van der Waals surface area (Å²) in [5.74, 6) is 0.161. The van der Waals surface area contributed by atoms with Crippen LogP contribution in [-0.2, 0) is 16.0 Å². The smallest absolute Gasteiger partial charge is 0.260 e. The highest BCUT2D eigenvalue weighted by Crippen LogP contribution is 2.16. The molecule has 3 N–H and O–H groups in total. The van der Waals surface area contributed by atoms with Gasteiger partial charge in [-0.1, -0.05) is 24.3 Å². The third-order valence-corrected chi connectivity index (χ3v) is 5.54. The SMILES string of the molecule is COc1ccc(CC(=O)NNC(=O)[C@H](CCSC)NC(=O)c2ccccc2Br)cc1. The highest BCUT2D eigenvalue weighted by atomic mass is 79.9. The normalized spacial score (nSPS) is 11.3. The molecule has 2 aromatic carbocycles. The van der Waals surface area contributed by atoms with Crippen molar-refractivity contribution in [3.05, 3.63) is 64.1 Å². The maximum atomic E-state index is 12.6. The van der Waals surface area contributed by atoms with Crippen molar-refractivity contribution in [3.8, 4) is 5.75 Å². The molecule has 30 heavy (non-hydrogen) atoms. The number of carbonyl (C=O) groups excluding carboxylic acids is 3. The Morgan fingerprint density at radius 1 is 1.07 bits per heavy atom. The number of methoxy groups -OCH3 is 1. The molecule has 2 rings (SSSR count). The number of benzene rings is 2. The molecule has 0 heterocycles. The second-order valence-corrected chi connectivity index (χ2v) is 8.19. The monoisotopic (exact) mass is 493 g/mol. The molecular formula is C21H24BrN3O4S. The van der Waals surface area contributed by atoms with Crippen LogP contribution in [0.15, 0.2) is 53.0 Å². The number of halogens is 1. The molecule has 3 amide bonds. The molecular weight excluding hydrogens is 470 g/mol. The first-order valence-electron chi connectivity index (χ1n) is 9.20. The van der Waals surface area contributed by atoms with Gasteiger partial charge in [-0.15, -0.1) is 0 Å². The molecule has 0 spiro atoms. The average molecular weight is 494 g/mol. The van der Waals surface area contributed by atoms with E-state index in [-0.39, 0.29) is 18.2 Å². The Kier molecular flexibility index (Phi) is 9.69.